The van der Waals surface area contributed by atoms with E-state index < -0.39 is 0 Å². The first-order chi connectivity index (χ1) is 11.5. The Morgan fingerprint density at radius 2 is 2.04 bits per heavy atom. The smallest absolute Gasteiger partial charge is 0.255 e. The van der Waals surface area contributed by atoms with E-state index in [1.807, 2.05) is 38.1 Å². The molecule has 0 saturated heterocycles. The van der Waals surface area contributed by atoms with E-state index in [9.17, 15) is 9.90 Å². The topological polar surface area (TPSA) is 58.6 Å². The molecule has 0 saturated carbocycles. The van der Waals surface area contributed by atoms with Gasteiger partial charge in [-0.3, -0.25) is 4.79 Å². The third kappa shape index (κ3) is 2.44. The molecular formula is C20H21NO3. The third-order valence-corrected chi connectivity index (χ3v) is 4.30. The lowest BCUT2D eigenvalue weighted by Gasteiger charge is -2.25. The summed E-state index contributed by atoms with van der Waals surface area (Å²) in [6.45, 7) is 8.00. The molecule has 1 aliphatic rings. The van der Waals surface area contributed by atoms with Crippen molar-refractivity contribution < 1.29 is 14.6 Å². The van der Waals surface area contributed by atoms with Crippen molar-refractivity contribution in [1.82, 2.24) is 5.32 Å². The number of rotatable bonds is 3. The van der Waals surface area contributed by atoms with Gasteiger partial charge in [-0.15, -0.1) is 0 Å². The molecule has 124 valence electrons. The van der Waals surface area contributed by atoms with E-state index in [0.29, 0.717) is 29.1 Å². The molecule has 1 aliphatic heterocycles. The van der Waals surface area contributed by atoms with E-state index in [-0.39, 0.29) is 11.7 Å². The number of carbonyl (C=O) groups excluding carboxylic acids is 1. The summed E-state index contributed by atoms with van der Waals surface area (Å²) in [5.41, 5.74) is 4.38. The van der Waals surface area contributed by atoms with Crippen molar-refractivity contribution in [3.8, 4) is 22.6 Å². The Kier molecular flexibility index (Phi) is 4.06. The van der Waals surface area contributed by atoms with Gasteiger partial charge in [0, 0.05) is 18.2 Å². The molecule has 1 amide bonds. The number of ether oxygens (including phenoxy) is 1. The Hall–Kier alpha value is -2.75. The number of benzene rings is 2. The summed E-state index contributed by atoms with van der Waals surface area (Å²) in [5.74, 6) is 0.769. The lowest BCUT2D eigenvalue weighted by atomic mass is 9.88. The van der Waals surface area contributed by atoms with Crippen LogP contribution in [-0.4, -0.2) is 18.1 Å². The van der Waals surface area contributed by atoms with Crippen LogP contribution in [0.5, 0.6) is 11.5 Å². The molecule has 2 N–H and O–H groups in total. The minimum atomic E-state index is -0.294. The fraction of sp³-hybridized carbons (Fsp3) is 0.250. The van der Waals surface area contributed by atoms with Gasteiger partial charge >= 0.3 is 0 Å². The largest absolute Gasteiger partial charge is 0.506 e. The summed E-state index contributed by atoms with van der Waals surface area (Å²) < 4.78 is 5.85. The molecular weight excluding hydrogens is 302 g/mol. The number of amides is 1. The Bertz CT molecular complexity index is 852. The van der Waals surface area contributed by atoms with Gasteiger partial charge in [0.1, 0.15) is 17.3 Å². The first kappa shape index (κ1) is 16.1. The Balaban J connectivity index is 2.34. The standard InChI is InChI=1S/C20H21NO3/c1-5-6-13-10-16-18(19(22)17(13)20(23)21-4)15-9-11(2)7-8-14(15)12(3)24-16/h7-10,22H,3,5-6H2,1-2,4H3,(H,21,23). The van der Waals surface area contributed by atoms with E-state index in [1.165, 1.54) is 0 Å². The Labute approximate surface area is 141 Å². The van der Waals surface area contributed by atoms with Gasteiger partial charge in [-0.1, -0.05) is 43.7 Å². The highest BCUT2D eigenvalue weighted by Gasteiger charge is 2.29. The molecule has 0 atom stereocenters. The SMILES string of the molecule is C=C1Oc2cc(CCC)c(C(=O)NC)c(O)c2-c2cc(C)ccc21. The first-order valence-electron chi connectivity index (χ1n) is 8.07. The fourth-order valence-corrected chi connectivity index (χ4v) is 3.18. The summed E-state index contributed by atoms with van der Waals surface area (Å²) in [4.78, 5) is 12.3. The second-order valence-electron chi connectivity index (χ2n) is 6.04. The molecule has 0 fully saturated rings. The number of hydrogen-bond donors (Lipinski definition) is 2. The average Bonchev–Trinajstić information content (AvgIpc) is 2.54. The quantitative estimate of drug-likeness (QED) is 0.896. The Morgan fingerprint density at radius 1 is 1.29 bits per heavy atom. The van der Waals surface area contributed by atoms with Crippen LogP contribution >= 0.6 is 0 Å². The highest BCUT2D eigenvalue weighted by atomic mass is 16.5. The van der Waals surface area contributed by atoms with Gasteiger partial charge in [0.15, 0.2) is 0 Å². The maximum atomic E-state index is 12.3. The minimum absolute atomic E-state index is 0.0327. The third-order valence-electron chi connectivity index (χ3n) is 4.30. The highest BCUT2D eigenvalue weighted by Crippen LogP contribution is 2.49. The number of hydrogen-bond acceptors (Lipinski definition) is 3. The summed E-state index contributed by atoms with van der Waals surface area (Å²) >= 11 is 0. The highest BCUT2D eigenvalue weighted by molar-refractivity contribution is 6.03. The van der Waals surface area contributed by atoms with Crippen molar-refractivity contribution in [2.45, 2.75) is 26.7 Å². The minimum Gasteiger partial charge on any atom is -0.506 e. The van der Waals surface area contributed by atoms with Crippen LogP contribution in [0.3, 0.4) is 0 Å². The lowest BCUT2D eigenvalue weighted by Crippen LogP contribution is -2.20. The van der Waals surface area contributed by atoms with Gasteiger partial charge in [0.05, 0.1) is 11.1 Å². The number of fused-ring (bicyclic) bond motifs is 3. The molecule has 0 bridgehead atoms. The second-order valence-corrected chi connectivity index (χ2v) is 6.04. The Morgan fingerprint density at radius 3 is 2.71 bits per heavy atom. The summed E-state index contributed by atoms with van der Waals surface area (Å²) in [7, 11) is 1.56. The molecule has 0 unspecified atom stereocenters. The van der Waals surface area contributed by atoms with Crippen LogP contribution in [-0.2, 0) is 6.42 Å². The van der Waals surface area contributed by atoms with Crippen molar-refractivity contribution in [2.75, 3.05) is 7.05 Å². The molecule has 0 spiro atoms. The first-order valence-corrected chi connectivity index (χ1v) is 8.07. The average molecular weight is 323 g/mol. The number of carbonyl (C=O) groups is 1. The van der Waals surface area contributed by atoms with Crippen LogP contribution in [0.4, 0.5) is 0 Å². The van der Waals surface area contributed by atoms with E-state index in [4.69, 9.17) is 4.74 Å². The monoisotopic (exact) mass is 323 g/mol. The maximum Gasteiger partial charge on any atom is 0.255 e. The van der Waals surface area contributed by atoms with Crippen LogP contribution in [0.2, 0.25) is 0 Å². The van der Waals surface area contributed by atoms with Crippen molar-refractivity contribution in [2.24, 2.45) is 0 Å². The number of aromatic hydroxyl groups is 1. The normalized spacial score (nSPS) is 12.2. The molecule has 1 heterocycles. The number of nitrogens with one attached hydrogen (secondary N) is 1. The van der Waals surface area contributed by atoms with Crippen molar-refractivity contribution >= 4 is 11.7 Å². The molecule has 24 heavy (non-hydrogen) atoms. The number of phenolic OH excluding ortho intramolecular Hbond substituents is 1. The zero-order valence-corrected chi connectivity index (χ0v) is 14.2. The van der Waals surface area contributed by atoms with E-state index >= 15 is 0 Å². The lowest BCUT2D eigenvalue weighted by molar-refractivity contribution is 0.0959. The summed E-state index contributed by atoms with van der Waals surface area (Å²) in [5, 5.41) is 13.5. The van der Waals surface area contributed by atoms with Crippen LogP contribution in [0.1, 0.15) is 40.4 Å². The van der Waals surface area contributed by atoms with Gasteiger partial charge in [-0.05, 0) is 25.0 Å². The van der Waals surface area contributed by atoms with Gasteiger partial charge < -0.3 is 15.2 Å². The van der Waals surface area contributed by atoms with Gasteiger partial charge in [-0.25, -0.2) is 0 Å². The number of phenols is 1. The van der Waals surface area contributed by atoms with Crippen LogP contribution in [0.15, 0.2) is 30.8 Å². The van der Waals surface area contributed by atoms with Crippen molar-refractivity contribution in [1.29, 1.82) is 0 Å². The number of aryl methyl sites for hydroxylation is 2. The van der Waals surface area contributed by atoms with Crippen LogP contribution in [0.25, 0.3) is 16.9 Å². The summed E-state index contributed by atoms with van der Waals surface area (Å²) in [6, 6.07) is 7.73. The van der Waals surface area contributed by atoms with Crippen LogP contribution in [0, 0.1) is 6.92 Å². The predicted octanol–water partition coefficient (Wildman–Crippen LogP) is 4.04. The molecule has 0 radical (unpaired) electrons. The van der Waals surface area contributed by atoms with Gasteiger partial charge in [-0.2, -0.15) is 0 Å². The van der Waals surface area contributed by atoms with Crippen molar-refractivity contribution in [3.63, 3.8) is 0 Å². The van der Waals surface area contributed by atoms with Gasteiger partial charge in [0.2, 0.25) is 0 Å². The maximum absolute atomic E-state index is 12.3. The van der Waals surface area contributed by atoms with E-state index in [2.05, 4.69) is 11.9 Å². The van der Waals surface area contributed by atoms with E-state index in [0.717, 1.165) is 28.7 Å². The zero-order valence-electron chi connectivity index (χ0n) is 14.2. The molecule has 2 aromatic carbocycles. The molecule has 3 rings (SSSR count). The molecule has 4 nitrogen and oxygen atoms in total. The predicted molar refractivity (Wildman–Crippen MR) is 95.3 cm³/mol. The zero-order chi connectivity index (χ0) is 17.4. The molecule has 0 aliphatic carbocycles. The second kappa shape index (κ2) is 6.04. The van der Waals surface area contributed by atoms with Gasteiger partial charge in [0.25, 0.3) is 5.91 Å². The fourth-order valence-electron chi connectivity index (χ4n) is 3.18. The van der Waals surface area contributed by atoms with E-state index in [1.54, 1.807) is 7.05 Å². The van der Waals surface area contributed by atoms with Crippen LogP contribution < -0.4 is 10.1 Å². The molecule has 4 heteroatoms. The molecule has 0 aromatic heterocycles. The summed E-state index contributed by atoms with van der Waals surface area (Å²) in [6.07, 6.45) is 1.54. The molecule has 2 aromatic rings. The van der Waals surface area contributed by atoms with Crippen molar-refractivity contribution in [3.05, 3.63) is 53.1 Å².